The second-order valence-corrected chi connectivity index (χ2v) is 1.80. The summed E-state index contributed by atoms with van der Waals surface area (Å²) in [7, 11) is 0. The van der Waals surface area contributed by atoms with Gasteiger partial charge in [0.15, 0.2) is 0 Å². The molecule has 0 radical (unpaired) electrons. The van der Waals surface area contributed by atoms with Crippen LogP contribution in [0.25, 0.3) is 20.9 Å². The predicted octanol–water partition coefficient (Wildman–Crippen LogP) is 2.39. The molecule has 6 nitrogen and oxygen atoms in total. The van der Waals surface area contributed by atoms with Crippen LogP contribution in [0.1, 0.15) is 13.3 Å². The van der Waals surface area contributed by atoms with E-state index in [1.165, 1.54) is 0 Å². The SMILES string of the molecule is CC(CCN=[N+]=[N-])N=[N+]=[N-]. The lowest BCUT2D eigenvalue weighted by Gasteiger charge is -1.96. The van der Waals surface area contributed by atoms with E-state index in [0.29, 0.717) is 13.0 Å². The summed E-state index contributed by atoms with van der Waals surface area (Å²) in [4.78, 5) is 5.16. The fourth-order valence-corrected chi connectivity index (χ4v) is 0.435. The van der Waals surface area contributed by atoms with Crippen LogP contribution in [0.15, 0.2) is 10.2 Å². The minimum atomic E-state index is -0.0875. The molecule has 0 saturated heterocycles. The number of azide groups is 2. The Morgan fingerprint density at radius 1 is 1.40 bits per heavy atom. The van der Waals surface area contributed by atoms with E-state index >= 15 is 0 Å². The molecular formula is C4H8N6. The molecule has 0 aliphatic carbocycles. The molecule has 0 rings (SSSR count). The van der Waals surface area contributed by atoms with Crippen molar-refractivity contribution >= 4 is 0 Å². The van der Waals surface area contributed by atoms with Crippen LogP contribution < -0.4 is 0 Å². The minimum Gasteiger partial charge on any atom is -0.0940 e. The van der Waals surface area contributed by atoms with Crippen LogP contribution in [0.3, 0.4) is 0 Å². The highest BCUT2D eigenvalue weighted by Gasteiger charge is 1.94. The van der Waals surface area contributed by atoms with Gasteiger partial charge in [0.1, 0.15) is 0 Å². The molecule has 0 aromatic rings. The molecule has 0 N–H and O–H groups in total. The van der Waals surface area contributed by atoms with E-state index in [1.807, 2.05) is 0 Å². The van der Waals surface area contributed by atoms with Crippen LogP contribution in [0.2, 0.25) is 0 Å². The summed E-state index contributed by atoms with van der Waals surface area (Å²) in [6.07, 6.45) is 0.605. The van der Waals surface area contributed by atoms with Gasteiger partial charge in [-0.1, -0.05) is 17.2 Å². The highest BCUT2D eigenvalue weighted by atomic mass is 15.2. The van der Waals surface area contributed by atoms with Crippen LogP contribution >= 0.6 is 0 Å². The van der Waals surface area contributed by atoms with Crippen molar-refractivity contribution in [3.63, 3.8) is 0 Å². The molecule has 6 heteroatoms. The second-order valence-electron chi connectivity index (χ2n) is 1.80. The maximum Gasteiger partial charge on any atom is 0.0347 e. The molecule has 54 valence electrons. The standard InChI is InChI=1S/C4H8N6/c1-4(8-10-6)2-3-7-9-5/h4H,2-3H2,1H3. The Hall–Kier alpha value is -1.38. The fraction of sp³-hybridized carbons (Fsp3) is 1.00. The molecule has 0 heterocycles. The Bertz CT molecular complexity index is 174. The Kier molecular flexibility index (Phi) is 4.96. The molecule has 0 bridgehead atoms. The summed E-state index contributed by atoms with van der Waals surface area (Å²) < 4.78 is 0. The Morgan fingerprint density at radius 3 is 2.60 bits per heavy atom. The first kappa shape index (κ1) is 8.62. The Labute approximate surface area is 58.1 Å². The summed E-state index contributed by atoms with van der Waals surface area (Å²) in [5.41, 5.74) is 15.8. The van der Waals surface area contributed by atoms with Crippen molar-refractivity contribution in [2.75, 3.05) is 6.54 Å². The van der Waals surface area contributed by atoms with E-state index in [1.54, 1.807) is 6.92 Å². The van der Waals surface area contributed by atoms with Crippen molar-refractivity contribution in [1.82, 2.24) is 0 Å². The van der Waals surface area contributed by atoms with Crippen molar-refractivity contribution < 1.29 is 0 Å². The molecule has 1 unspecified atom stereocenters. The van der Waals surface area contributed by atoms with Gasteiger partial charge in [0.05, 0.1) is 0 Å². The van der Waals surface area contributed by atoms with E-state index in [0.717, 1.165) is 0 Å². The minimum absolute atomic E-state index is 0.0875. The third-order valence-corrected chi connectivity index (χ3v) is 0.959. The van der Waals surface area contributed by atoms with E-state index < -0.39 is 0 Å². The van der Waals surface area contributed by atoms with Gasteiger partial charge >= 0.3 is 0 Å². The van der Waals surface area contributed by atoms with Crippen molar-refractivity contribution in [3.05, 3.63) is 20.9 Å². The lowest BCUT2D eigenvalue weighted by Crippen LogP contribution is -1.97. The van der Waals surface area contributed by atoms with Gasteiger partial charge in [-0.2, -0.15) is 0 Å². The number of nitrogens with zero attached hydrogens (tertiary/aromatic N) is 6. The summed E-state index contributed by atoms with van der Waals surface area (Å²) in [6, 6.07) is -0.0875. The monoisotopic (exact) mass is 140 g/mol. The third-order valence-electron chi connectivity index (χ3n) is 0.959. The molecular weight excluding hydrogens is 132 g/mol. The molecule has 0 aliphatic rings. The van der Waals surface area contributed by atoms with Crippen molar-refractivity contribution in [2.24, 2.45) is 10.2 Å². The van der Waals surface area contributed by atoms with Crippen LogP contribution in [0, 0.1) is 0 Å². The molecule has 0 fully saturated rings. The second kappa shape index (κ2) is 5.75. The van der Waals surface area contributed by atoms with Gasteiger partial charge in [-0.3, -0.25) is 0 Å². The Morgan fingerprint density at radius 2 is 2.10 bits per heavy atom. The largest absolute Gasteiger partial charge is 0.0940 e. The zero-order chi connectivity index (χ0) is 7.82. The number of rotatable bonds is 4. The van der Waals surface area contributed by atoms with Crippen molar-refractivity contribution in [3.8, 4) is 0 Å². The topological polar surface area (TPSA) is 97.5 Å². The molecule has 0 aromatic carbocycles. The maximum absolute atomic E-state index is 7.95. The van der Waals surface area contributed by atoms with E-state index in [4.69, 9.17) is 11.1 Å². The molecule has 0 aliphatic heterocycles. The van der Waals surface area contributed by atoms with Gasteiger partial charge in [-0.15, -0.1) is 0 Å². The van der Waals surface area contributed by atoms with E-state index in [-0.39, 0.29) is 6.04 Å². The van der Waals surface area contributed by atoms with E-state index in [2.05, 4.69) is 20.1 Å². The first-order valence-corrected chi connectivity index (χ1v) is 2.86. The quantitative estimate of drug-likeness (QED) is 0.325. The molecule has 0 aromatic heterocycles. The summed E-state index contributed by atoms with van der Waals surface area (Å²) in [5.74, 6) is 0. The average molecular weight is 140 g/mol. The number of hydrogen-bond acceptors (Lipinski definition) is 2. The third kappa shape index (κ3) is 4.77. The zero-order valence-electron chi connectivity index (χ0n) is 5.67. The first-order chi connectivity index (χ1) is 4.81. The molecule has 0 amide bonds. The lowest BCUT2D eigenvalue weighted by molar-refractivity contribution is 0.670. The van der Waals surface area contributed by atoms with Crippen LogP contribution in [0.5, 0.6) is 0 Å². The lowest BCUT2D eigenvalue weighted by atomic mass is 10.2. The van der Waals surface area contributed by atoms with Gasteiger partial charge in [-0.25, -0.2) is 0 Å². The van der Waals surface area contributed by atoms with E-state index in [9.17, 15) is 0 Å². The Balaban J connectivity index is 3.48. The average Bonchev–Trinajstić information content (AvgIpc) is 1.89. The maximum atomic E-state index is 7.95. The smallest absolute Gasteiger partial charge is 0.0347 e. The highest BCUT2D eigenvalue weighted by molar-refractivity contribution is 4.61. The van der Waals surface area contributed by atoms with Gasteiger partial charge in [0.2, 0.25) is 0 Å². The van der Waals surface area contributed by atoms with Crippen molar-refractivity contribution in [2.45, 2.75) is 19.4 Å². The van der Waals surface area contributed by atoms with Crippen LogP contribution in [0.4, 0.5) is 0 Å². The van der Waals surface area contributed by atoms with Gasteiger partial charge in [0.25, 0.3) is 0 Å². The van der Waals surface area contributed by atoms with Gasteiger partial charge in [0, 0.05) is 22.4 Å². The molecule has 0 spiro atoms. The first-order valence-electron chi connectivity index (χ1n) is 2.86. The summed E-state index contributed by atoms with van der Waals surface area (Å²) in [5, 5.41) is 6.68. The molecule has 10 heavy (non-hydrogen) atoms. The molecule has 1 atom stereocenters. The van der Waals surface area contributed by atoms with Crippen LogP contribution in [-0.4, -0.2) is 12.6 Å². The van der Waals surface area contributed by atoms with Crippen molar-refractivity contribution in [1.29, 1.82) is 0 Å². The van der Waals surface area contributed by atoms with Gasteiger partial charge < -0.3 is 0 Å². The highest BCUT2D eigenvalue weighted by Crippen LogP contribution is 1.96. The van der Waals surface area contributed by atoms with Crippen LogP contribution in [-0.2, 0) is 0 Å². The molecule has 0 saturated carbocycles. The zero-order valence-corrected chi connectivity index (χ0v) is 5.67. The number of hydrogen-bond donors (Lipinski definition) is 0. The van der Waals surface area contributed by atoms with Gasteiger partial charge in [-0.05, 0) is 17.5 Å². The normalized spacial score (nSPS) is 10.9. The fourth-order valence-electron chi connectivity index (χ4n) is 0.435. The predicted molar refractivity (Wildman–Crippen MR) is 37.2 cm³/mol. The summed E-state index contributed by atoms with van der Waals surface area (Å²) in [6.45, 7) is 2.16. The summed E-state index contributed by atoms with van der Waals surface area (Å²) >= 11 is 0.